The van der Waals surface area contributed by atoms with Crippen LogP contribution in [0.25, 0.3) is 21.9 Å². The molecule has 1 aliphatic rings. The van der Waals surface area contributed by atoms with Crippen molar-refractivity contribution in [2.45, 2.75) is 25.8 Å². The van der Waals surface area contributed by atoms with Crippen molar-refractivity contribution in [3.63, 3.8) is 0 Å². The zero-order chi connectivity index (χ0) is 18.8. The van der Waals surface area contributed by atoms with Crippen LogP contribution in [0.2, 0.25) is 0 Å². The average Bonchev–Trinajstić information content (AvgIpc) is 3.11. The number of nitrogens with one attached hydrogen (secondary N) is 2. The summed E-state index contributed by atoms with van der Waals surface area (Å²) in [5, 5.41) is 7.65. The first kappa shape index (κ1) is 17.3. The fraction of sp³-hybridized carbons (Fsp3) is 0.217. The minimum absolute atomic E-state index is 0.108. The molecule has 1 heterocycles. The Balaban J connectivity index is 1.62. The van der Waals surface area contributed by atoms with Crippen molar-refractivity contribution in [3.8, 4) is 11.1 Å². The van der Waals surface area contributed by atoms with Crippen molar-refractivity contribution in [1.29, 1.82) is 0 Å². The maximum Gasteiger partial charge on any atom is 0.251 e. The van der Waals surface area contributed by atoms with Gasteiger partial charge in [-0.25, -0.2) is 0 Å². The van der Waals surface area contributed by atoms with E-state index in [4.69, 9.17) is 0 Å². The van der Waals surface area contributed by atoms with Gasteiger partial charge in [-0.2, -0.15) is 0 Å². The third-order valence-electron chi connectivity index (χ3n) is 5.17. The Hall–Kier alpha value is -3.14. The maximum absolute atomic E-state index is 12.5. The van der Waals surface area contributed by atoms with Gasteiger partial charge >= 0.3 is 0 Å². The fourth-order valence-electron chi connectivity index (χ4n) is 3.64. The Kier molecular flexibility index (Phi) is 4.63. The summed E-state index contributed by atoms with van der Waals surface area (Å²) in [6.45, 7) is 2.78. The second kappa shape index (κ2) is 7.23. The smallest absolute Gasteiger partial charge is 0.251 e. The van der Waals surface area contributed by atoms with Crippen LogP contribution < -0.4 is 10.6 Å². The predicted octanol–water partition coefficient (Wildman–Crippen LogP) is 3.69. The molecule has 2 N–H and O–H groups in total. The van der Waals surface area contributed by atoms with Crippen LogP contribution in [0.15, 0.2) is 60.7 Å². The summed E-state index contributed by atoms with van der Waals surface area (Å²) in [6.07, 6.45) is 1.63. The van der Waals surface area contributed by atoms with E-state index >= 15 is 0 Å². The van der Waals surface area contributed by atoms with Crippen LogP contribution in [-0.2, 0) is 11.2 Å². The molecule has 1 saturated heterocycles. The number of fused-ring (bicyclic) bond motifs is 1. The van der Waals surface area contributed by atoms with Crippen molar-refractivity contribution < 1.29 is 9.59 Å². The lowest BCUT2D eigenvalue weighted by atomic mass is 9.95. The van der Waals surface area contributed by atoms with E-state index in [0.717, 1.165) is 17.2 Å². The lowest BCUT2D eigenvalue weighted by molar-refractivity contribution is -0.120. The van der Waals surface area contributed by atoms with Gasteiger partial charge in [0, 0.05) is 12.1 Å². The first-order valence-corrected chi connectivity index (χ1v) is 9.36. The zero-order valence-corrected chi connectivity index (χ0v) is 15.3. The summed E-state index contributed by atoms with van der Waals surface area (Å²) < 4.78 is 0. The van der Waals surface area contributed by atoms with Crippen molar-refractivity contribution in [2.75, 3.05) is 6.54 Å². The molecule has 0 spiro atoms. The minimum atomic E-state index is -0.430. The lowest BCUT2D eigenvalue weighted by Crippen LogP contribution is -2.40. The molecule has 0 saturated carbocycles. The molecular formula is C23H22N2O2. The zero-order valence-electron chi connectivity index (χ0n) is 15.3. The minimum Gasteiger partial charge on any atom is -0.354 e. The molecule has 3 aromatic rings. The highest BCUT2D eigenvalue weighted by atomic mass is 16.2. The Bertz CT molecular complexity index is 1030. The number of hydrogen-bond donors (Lipinski definition) is 2. The average molecular weight is 358 g/mol. The molecule has 4 heteroatoms. The normalized spacial score (nSPS) is 16.3. The number of aryl methyl sites for hydroxylation is 1. The molecule has 2 amide bonds. The molecule has 0 aliphatic carbocycles. The highest BCUT2D eigenvalue weighted by Crippen LogP contribution is 2.28. The van der Waals surface area contributed by atoms with Crippen LogP contribution in [0.1, 0.15) is 29.3 Å². The number of benzene rings is 3. The van der Waals surface area contributed by atoms with E-state index in [1.807, 2.05) is 18.2 Å². The van der Waals surface area contributed by atoms with Gasteiger partial charge < -0.3 is 10.6 Å². The topological polar surface area (TPSA) is 58.2 Å². The summed E-state index contributed by atoms with van der Waals surface area (Å²) in [4.78, 5) is 24.1. The molecule has 1 fully saturated rings. The summed E-state index contributed by atoms with van der Waals surface area (Å²) >= 11 is 0. The van der Waals surface area contributed by atoms with Crippen LogP contribution in [0, 0.1) is 0 Å². The summed E-state index contributed by atoms with van der Waals surface area (Å²) in [5.41, 5.74) is 4.32. The van der Waals surface area contributed by atoms with Crippen LogP contribution >= 0.6 is 0 Å². The van der Waals surface area contributed by atoms with E-state index in [1.54, 1.807) is 0 Å². The quantitative estimate of drug-likeness (QED) is 0.747. The first-order chi connectivity index (χ1) is 13.2. The molecule has 136 valence electrons. The first-order valence-electron chi connectivity index (χ1n) is 9.36. The van der Waals surface area contributed by atoms with Gasteiger partial charge in [-0.05, 0) is 58.5 Å². The van der Waals surface area contributed by atoms with E-state index in [1.165, 1.54) is 16.7 Å². The molecule has 3 aromatic carbocycles. The standard InChI is InChI=1S/C23H22N2O2/c1-2-15-5-3-4-6-20(15)18-9-7-17-14-19(10-8-16(17)13-18)22(26)25-21-11-12-24-23(21)27/h3-10,13-14,21H,2,11-12H2,1H3,(H,24,27)(H,25,26). The summed E-state index contributed by atoms with van der Waals surface area (Å²) in [6, 6.07) is 20.0. The second-order valence-corrected chi connectivity index (χ2v) is 6.89. The number of carbonyl (C=O) groups is 2. The van der Waals surface area contributed by atoms with Gasteiger partial charge in [-0.15, -0.1) is 0 Å². The fourth-order valence-corrected chi connectivity index (χ4v) is 3.64. The van der Waals surface area contributed by atoms with E-state index in [9.17, 15) is 9.59 Å². The van der Waals surface area contributed by atoms with Crippen LogP contribution in [0.5, 0.6) is 0 Å². The maximum atomic E-state index is 12.5. The molecule has 0 bridgehead atoms. The molecule has 0 radical (unpaired) electrons. The second-order valence-electron chi connectivity index (χ2n) is 6.89. The monoisotopic (exact) mass is 358 g/mol. The molecule has 27 heavy (non-hydrogen) atoms. The molecule has 4 rings (SSSR count). The Labute approximate surface area is 158 Å². The summed E-state index contributed by atoms with van der Waals surface area (Å²) in [7, 11) is 0. The molecule has 0 aromatic heterocycles. The van der Waals surface area contributed by atoms with Gasteiger partial charge in [0.25, 0.3) is 5.91 Å². The number of hydrogen-bond acceptors (Lipinski definition) is 2. The lowest BCUT2D eigenvalue weighted by Gasteiger charge is -2.12. The summed E-state index contributed by atoms with van der Waals surface area (Å²) in [5.74, 6) is -0.317. The molecule has 4 nitrogen and oxygen atoms in total. The van der Waals surface area contributed by atoms with Gasteiger partial charge in [0.15, 0.2) is 0 Å². The van der Waals surface area contributed by atoms with Gasteiger partial charge in [0.2, 0.25) is 5.91 Å². The van der Waals surface area contributed by atoms with Crippen LogP contribution in [0.4, 0.5) is 0 Å². The largest absolute Gasteiger partial charge is 0.354 e. The highest BCUT2D eigenvalue weighted by Gasteiger charge is 2.25. The Morgan fingerprint density at radius 2 is 1.85 bits per heavy atom. The Morgan fingerprint density at radius 3 is 2.63 bits per heavy atom. The van der Waals surface area contributed by atoms with Crippen molar-refractivity contribution >= 4 is 22.6 Å². The number of carbonyl (C=O) groups excluding carboxylic acids is 2. The van der Waals surface area contributed by atoms with E-state index in [0.29, 0.717) is 18.5 Å². The Morgan fingerprint density at radius 1 is 1.07 bits per heavy atom. The van der Waals surface area contributed by atoms with Crippen LogP contribution in [-0.4, -0.2) is 24.4 Å². The van der Waals surface area contributed by atoms with Gasteiger partial charge in [-0.3, -0.25) is 9.59 Å². The molecule has 1 aliphatic heterocycles. The van der Waals surface area contributed by atoms with Gasteiger partial charge in [0.1, 0.15) is 6.04 Å². The molecule has 1 atom stereocenters. The highest BCUT2D eigenvalue weighted by molar-refractivity contribution is 6.01. The number of rotatable bonds is 4. The van der Waals surface area contributed by atoms with Gasteiger partial charge in [0.05, 0.1) is 0 Å². The molecule has 1 unspecified atom stereocenters. The van der Waals surface area contributed by atoms with E-state index < -0.39 is 6.04 Å². The van der Waals surface area contributed by atoms with E-state index in [2.05, 4.69) is 60.0 Å². The van der Waals surface area contributed by atoms with Gasteiger partial charge in [-0.1, -0.05) is 49.4 Å². The van der Waals surface area contributed by atoms with E-state index in [-0.39, 0.29) is 11.8 Å². The predicted molar refractivity (Wildman–Crippen MR) is 108 cm³/mol. The van der Waals surface area contributed by atoms with Crippen molar-refractivity contribution in [2.24, 2.45) is 0 Å². The SMILES string of the molecule is CCc1ccccc1-c1ccc2cc(C(=O)NC3CCNC3=O)ccc2c1. The third kappa shape index (κ3) is 3.43. The van der Waals surface area contributed by atoms with Crippen LogP contribution in [0.3, 0.4) is 0 Å². The van der Waals surface area contributed by atoms with Crippen molar-refractivity contribution in [3.05, 3.63) is 71.8 Å². The number of amides is 2. The third-order valence-corrected chi connectivity index (χ3v) is 5.17. The molecular weight excluding hydrogens is 336 g/mol. The van der Waals surface area contributed by atoms with Crippen molar-refractivity contribution in [1.82, 2.24) is 10.6 Å².